The van der Waals surface area contributed by atoms with Crippen molar-refractivity contribution in [2.75, 3.05) is 11.9 Å². The van der Waals surface area contributed by atoms with Gasteiger partial charge < -0.3 is 15.6 Å². The van der Waals surface area contributed by atoms with Gasteiger partial charge in [-0.05, 0) is 68.8 Å². The summed E-state index contributed by atoms with van der Waals surface area (Å²) in [5, 5.41) is 6.35. The molecule has 1 aliphatic heterocycles. The Hall–Kier alpha value is -2.73. The molecule has 26 heavy (non-hydrogen) atoms. The predicted octanol–water partition coefficient (Wildman–Crippen LogP) is 3.70. The lowest BCUT2D eigenvalue weighted by Gasteiger charge is -2.27. The molecule has 0 bridgehead atoms. The number of benzene rings is 2. The van der Waals surface area contributed by atoms with Gasteiger partial charge in [0.1, 0.15) is 11.6 Å². The van der Waals surface area contributed by atoms with E-state index in [-0.39, 0.29) is 17.6 Å². The fraction of sp³-hybridized carbons (Fsp3) is 0.300. The highest BCUT2D eigenvalue weighted by Crippen LogP contribution is 2.24. The number of fused-ring (bicyclic) bond motifs is 1. The van der Waals surface area contributed by atoms with E-state index in [1.54, 1.807) is 6.07 Å². The lowest BCUT2D eigenvalue weighted by Crippen LogP contribution is -2.40. The van der Waals surface area contributed by atoms with Crippen LogP contribution < -0.4 is 10.6 Å². The Morgan fingerprint density at radius 3 is 2.81 bits per heavy atom. The van der Waals surface area contributed by atoms with Gasteiger partial charge in [0.2, 0.25) is 5.91 Å². The van der Waals surface area contributed by atoms with E-state index in [1.807, 2.05) is 24.3 Å². The third-order valence-electron chi connectivity index (χ3n) is 4.86. The number of anilines is 1. The van der Waals surface area contributed by atoms with Crippen molar-refractivity contribution in [2.24, 2.45) is 5.92 Å². The topological polar surface area (TPSA) is 69.8 Å². The predicted molar refractivity (Wildman–Crippen MR) is 100 cm³/mol. The molecule has 6 heteroatoms. The van der Waals surface area contributed by atoms with Gasteiger partial charge in [-0.1, -0.05) is 0 Å². The maximum absolute atomic E-state index is 13.3. The molecule has 0 spiro atoms. The van der Waals surface area contributed by atoms with Gasteiger partial charge in [-0.2, -0.15) is 0 Å². The average Bonchev–Trinajstić information content (AvgIpc) is 3.05. The largest absolute Gasteiger partial charge is 0.338 e. The number of nitrogens with one attached hydrogen (secondary N) is 3. The van der Waals surface area contributed by atoms with Crippen LogP contribution in [0.5, 0.6) is 0 Å². The van der Waals surface area contributed by atoms with Crippen molar-refractivity contribution in [3.8, 4) is 11.4 Å². The van der Waals surface area contributed by atoms with Gasteiger partial charge in [0.15, 0.2) is 0 Å². The lowest BCUT2D eigenvalue weighted by atomic mass is 9.92. The molecule has 0 aliphatic carbocycles. The number of hydrogen-bond acceptors (Lipinski definition) is 3. The quantitative estimate of drug-likeness (QED) is 0.673. The van der Waals surface area contributed by atoms with E-state index < -0.39 is 0 Å². The van der Waals surface area contributed by atoms with E-state index in [0.29, 0.717) is 17.4 Å². The minimum Gasteiger partial charge on any atom is -0.338 e. The van der Waals surface area contributed by atoms with Crippen molar-refractivity contribution >= 4 is 22.6 Å². The van der Waals surface area contributed by atoms with E-state index in [2.05, 4.69) is 27.5 Å². The van der Waals surface area contributed by atoms with Gasteiger partial charge in [0.05, 0.1) is 11.0 Å². The lowest BCUT2D eigenvalue weighted by molar-refractivity contribution is -0.120. The minimum absolute atomic E-state index is 0.0520. The molecule has 1 amide bonds. The fourth-order valence-electron chi connectivity index (χ4n) is 3.44. The van der Waals surface area contributed by atoms with Crippen LogP contribution in [0.25, 0.3) is 22.4 Å². The normalized spacial score (nSPS) is 20.2. The molecule has 1 aliphatic rings. The van der Waals surface area contributed by atoms with Gasteiger partial charge in [0.25, 0.3) is 0 Å². The Labute approximate surface area is 151 Å². The van der Waals surface area contributed by atoms with Crippen LogP contribution >= 0.6 is 0 Å². The molecule has 3 aromatic rings. The van der Waals surface area contributed by atoms with E-state index in [0.717, 1.165) is 36.2 Å². The highest BCUT2D eigenvalue weighted by atomic mass is 19.1. The van der Waals surface area contributed by atoms with Crippen molar-refractivity contribution in [3.63, 3.8) is 0 Å². The zero-order valence-electron chi connectivity index (χ0n) is 14.6. The summed E-state index contributed by atoms with van der Waals surface area (Å²) in [7, 11) is 0. The van der Waals surface area contributed by atoms with Crippen molar-refractivity contribution < 1.29 is 9.18 Å². The first-order chi connectivity index (χ1) is 12.6. The van der Waals surface area contributed by atoms with Crippen molar-refractivity contribution in [2.45, 2.75) is 25.8 Å². The van der Waals surface area contributed by atoms with Gasteiger partial charge in [-0.15, -0.1) is 0 Å². The number of aromatic amines is 1. The molecule has 2 aromatic carbocycles. The molecule has 0 radical (unpaired) electrons. The molecule has 1 fully saturated rings. The summed E-state index contributed by atoms with van der Waals surface area (Å²) >= 11 is 0. The monoisotopic (exact) mass is 352 g/mol. The summed E-state index contributed by atoms with van der Waals surface area (Å²) < 4.78 is 13.3. The van der Waals surface area contributed by atoms with Crippen molar-refractivity contribution in [3.05, 3.63) is 48.3 Å². The van der Waals surface area contributed by atoms with E-state index in [4.69, 9.17) is 0 Å². The SMILES string of the molecule is C[C@H]1C[C@@H](C(=O)Nc2ccc(-c3nc4ccc(F)cc4[nH]3)cc2)CCN1. The molecule has 1 aromatic heterocycles. The maximum atomic E-state index is 13.3. The van der Waals surface area contributed by atoms with E-state index in [1.165, 1.54) is 12.1 Å². The second-order valence-electron chi connectivity index (χ2n) is 6.89. The number of rotatable bonds is 3. The third-order valence-corrected chi connectivity index (χ3v) is 4.86. The molecule has 4 rings (SSSR count). The summed E-state index contributed by atoms with van der Waals surface area (Å²) in [5.74, 6) is 0.509. The Balaban J connectivity index is 1.48. The maximum Gasteiger partial charge on any atom is 0.227 e. The summed E-state index contributed by atoms with van der Waals surface area (Å²) in [6.07, 6.45) is 1.73. The highest BCUT2D eigenvalue weighted by Gasteiger charge is 2.24. The summed E-state index contributed by atoms with van der Waals surface area (Å²) in [6, 6.07) is 12.4. The number of halogens is 1. The van der Waals surface area contributed by atoms with Crippen molar-refractivity contribution in [1.29, 1.82) is 0 Å². The van der Waals surface area contributed by atoms with Crippen molar-refractivity contribution in [1.82, 2.24) is 15.3 Å². The molecule has 0 saturated carbocycles. The molecular weight excluding hydrogens is 331 g/mol. The summed E-state index contributed by atoms with van der Waals surface area (Å²) in [5.41, 5.74) is 3.04. The zero-order chi connectivity index (χ0) is 18.1. The number of aromatic nitrogens is 2. The van der Waals surface area contributed by atoms with Gasteiger partial charge in [-0.3, -0.25) is 4.79 Å². The Bertz CT molecular complexity index is 935. The molecule has 1 saturated heterocycles. The second-order valence-corrected chi connectivity index (χ2v) is 6.89. The smallest absolute Gasteiger partial charge is 0.227 e. The van der Waals surface area contributed by atoms with Crippen LogP contribution in [0.2, 0.25) is 0 Å². The number of imidazole rings is 1. The number of nitrogens with zero attached hydrogens (tertiary/aromatic N) is 1. The third kappa shape index (κ3) is 3.46. The van der Waals surface area contributed by atoms with Crippen LogP contribution in [0.3, 0.4) is 0 Å². The summed E-state index contributed by atoms with van der Waals surface area (Å²) in [4.78, 5) is 20.0. The fourth-order valence-corrected chi connectivity index (χ4v) is 3.44. The molecule has 134 valence electrons. The van der Waals surface area contributed by atoms with Gasteiger partial charge in [0, 0.05) is 23.2 Å². The van der Waals surface area contributed by atoms with Crippen LogP contribution in [0.1, 0.15) is 19.8 Å². The molecule has 0 unspecified atom stereocenters. The highest BCUT2D eigenvalue weighted by molar-refractivity contribution is 5.93. The molecule has 2 atom stereocenters. The average molecular weight is 352 g/mol. The number of piperidine rings is 1. The standard InChI is InChI=1S/C20H21FN4O/c1-12-10-14(8-9-22-12)20(26)23-16-5-2-13(3-6-16)19-24-17-7-4-15(21)11-18(17)25-19/h2-7,11-12,14,22H,8-10H2,1H3,(H,23,26)(H,24,25)/t12-,14-/m0/s1. The van der Waals surface area contributed by atoms with Crippen LogP contribution in [0.4, 0.5) is 10.1 Å². The van der Waals surface area contributed by atoms with E-state index in [9.17, 15) is 9.18 Å². The Kier molecular flexibility index (Phi) is 4.42. The minimum atomic E-state index is -0.294. The van der Waals surface area contributed by atoms with Crippen LogP contribution in [-0.2, 0) is 4.79 Å². The first-order valence-electron chi connectivity index (χ1n) is 8.88. The Morgan fingerprint density at radius 1 is 1.23 bits per heavy atom. The zero-order valence-corrected chi connectivity index (χ0v) is 14.6. The first-order valence-corrected chi connectivity index (χ1v) is 8.88. The number of H-pyrrole nitrogens is 1. The Morgan fingerprint density at radius 2 is 2.04 bits per heavy atom. The molecule has 3 N–H and O–H groups in total. The van der Waals surface area contributed by atoms with Crippen LogP contribution in [-0.4, -0.2) is 28.5 Å². The molecule has 2 heterocycles. The van der Waals surface area contributed by atoms with Gasteiger partial charge in [-0.25, -0.2) is 9.37 Å². The summed E-state index contributed by atoms with van der Waals surface area (Å²) in [6.45, 7) is 2.98. The van der Waals surface area contributed by atoms with E-state index >= 15 is 0 Å². The number of hydrogen-bond donors (Lipinski definition) is 3. The molecular formula is C20H21FN4O. The van der Waals surface area contributed by atoms with Crippen LogP contribution in [0.15, 0.2) is 42.5 Å². The first kappa shape index (κ1) is 16.7. The van der Waals surface area contributed by atoms with Gasteiger partial charge >= 0.3 is 0 Å². The number of carbonyl (C=O) groups excluding carboxylic acids is 1. The van der Waals surface area contributed by atoms with Crippen LogP contribution in [0, 0.1) is 11.7 Å². The number of amides is 1. The molecule has 5 nitrogen and oxygen atoms in total. The second kappa shape index (κ2) is 6.88. The number of carbonyl (C=O) groups is 1.